The van der Waals surface area contributed by atoms with E-state index in [0.717, 1.165) is 22.6 Å². The van der Waals surface area contributed by atoms with Gasteiger partial charge >= 0.3 is 0 Å². The lowest BCUT2D eigenvalue weighted by atomic mass is 9.62. The summed E-state index contributed by atoms with van der Waals surface area (Å²) >= 11 is 0. The third-order valence-electron chi connectivity index (χ3n) is 6.03. The van der Waals surface area contributed by atoms with Gasteiger partial charge in [-0.15, -0.1) is 0 Å². The number of rotatable bonds is 1. The highest BCUT2D eigenvalue weighted by Crippen LogP contribution is 2.60. The van der Waals surface area contributed by atoms with Crippen LogP contribution in [0.3, 0.4) is 0 Å². The fourth-order valence-corrected chi connectivity index (χ4v) is 4.95. The Bertz CT molecular complexity index is 739. The van der Waals surface area contributed by atoms with Crippen LogP contribution in [0.25, 0.3) is 0 Å². The second kappa shape index (κ2) is 4.71. The maximum atomic E-state index is 11.5. The summed E-state index contributed by atoms with van der Waals surface area (Å²) in [5, 5.41) is 11.5. The first-order chi connectivity index (χ1) is 11.6. The fourth-order valence-electron chi connectivity index (χ4n) is 4.95. The Morgan fingerprint density at radius 1 is 1.25 bits per heavy atom. The maximum absolute atomic E-state index is 11.5. The van der Waals surface area contributed by atoms with Crippen molar-refractivity contribution in [3.63, 3.8) is 0 Å². The summed E-state index contributed by atoms with van der Waals surface area (Å²) in [5.74, 6) is 0.389. The molecule has 3 unspecified atom stereocenters. The van der Waals surface area contributed by atoms with Gasteiger partial charge in [0.2, 0.25) is 5.79 Å². The van der Waals surface area contributed by atoms with E-state index in [-0.39, 0.29) is 12.0 Å². The molecule has 2 fully saturated rings. The van der Waals surface area contributed by atoms with E-state index in [0.29, 0.717) is 38.2 Å². The number of benzene rings is 1. The first kappa shape index (κ1) is 14.7. The van der Waals surface area contributed by atoms with Crippen LogP contribution in [0.2, 0.25) is 0 Å². The summed E-state index contributed by atoms with van der Waals surface area (Å²) < 4.78 is 23.8. The molecule has 1 saturated heterocycles. The van der Waals surface area contributed by atoms with Crippen LogP contribution >= 0.6 is 0 Å². The lowest BCUT2D eigenvalue weighted by Gasteiger charge is -2.50. The van der Waals surface area contributed by atoms with Crippen molar-refractivity contribution >= 4 is 5.71 Å². The standard InChI is InChI=1S/C18H21NO5/c1-19-12-9-10-3-4-11(21-2)15-13(10)14-16(24-15)18(22-7-8-23-18)6-5-17(12,14)20/h3-4,14,16,20H,5-9H2,1-2H3. The maximum Gasteiger partial charge on any atom is 0.206 e. The van der Waals surface area contributed by atoms with Gasteiger partial charge in [-0.2, -0.15) is 0 Å². The highest BCUT2D eigenvalue weighted by Gasteiger charge is 2.66. The minimum Gasteiger partial charge on any atom is -0.493 e. The zero-order valence-electron chi connectivity index (χ0n) is 13.9. The van der Waals surface area contributed by atoms with Crippen molar-refractivity contribution < 1.29 is 24.1 Å². The normalized spacial score (nSPS) is 36.7. The van der Waals surface area contributed by atoms with Crippen LogP contribution in [0.15, 0.2) is 17.1 Å². The highest BCUT2D eigenvalue weighted by atomic mass is 16.8. The van der Waals surface area contributed by atoms with E-state index in [1.54, 1.807) is 14.2 Å². The Labute approximate surface area is 140 Å². The topological polar surface area (TPSA) is 69.5 Å². The van der Waals surface area contributed by atoms with Crippen LogP contribution in [0.1, 0.15) is 29.9 Å². The number of aliphatic hydroxyl groups is 1. The van der Waals surface area contributed by atoms with Crippen LogP contribution in [0.4, 0.5) is 0 Å². The largest absolute Gasteiger partial charge is 0.493 e. The molecule has 0 radical (unpaired) electrons. The molecule has 1 aromatic rings. The number of hydrogen-bond acceptors (Lipinski definition) is 6. The molecule has 6 nitrogen and oxygen atoms in total. The van der Waals surface area contributed by atoms with E-state index < -0.39 is 11.4 Å². The van der Waals surface area contributed by atoms with Crippen molar-refractivity contribution in [1.29, 1.82) is 0 Å². The lowest BCUT2D eigenvalue weighted by Crippen LogP contribution is -2.63. The van der Waals surface area contributed by atoms with Gasteiger partial charge in [-0.05, 0) is 18.1 Å². The number of ether oxygens (including phenoxy) is 4. The van der Waals surface area contributed by atoms with Crippen molar-refractivity contribution in [1.82, 2.24) is 0 Å². The number of hydrogen-bond donors (Lipinski definition) is 1. The summed E-state index contributed by atoms with van der Waals surface area (Å²) in [4.78, 5) is 4.42. The Morgan fingerprint density at radius 3 is 2.75 bits per heavy atom. The summed E-state index contributed by atoms with van der Waals surface area (Å²) in [5.41, 5.74) is 1.98. The molecule has 5 rings (SSSR count). The van der Waals surface area contributed by atoms with Gasteiger partial charge in [0.25, 0.3) is 0 Å². The fraction of sp³-hybridized carbons (Fsp3) is 0.611. The first-order valence-electron chi connectivity index (χ1n) is 8.46. The van der Waals surface area contributed by atoms with Gasteiger partial charge in [0.1, 0.15) is 5.60 Å². The molecule has 24 heavy (non-hydrogen) atoms. The second-order valence-corrected chi connectivity index (χ2v) is 6.97. The SMILES string of the molecule is CN=C1Cc2ccc(OC)c3c2C2C(O3)C3(CCC12O)OCCO3. The van der Waals surface area contributed by atoms with Gasteiger partial charge in [0.05, 0.1) is 26.2 Å². The molecule has 1 N–H and O–H groups in total. The summed E-state index contributed by atoms with van der Waals surface area (Å²) in [7, 11) is 3.39. The molecular weight excluding hydrogens is 310 g/mol. The monoisotopic (exact) mass is 331 g/mol. The molecule has 2 aliphatic heterocycles. The molecule has 1 spiro atoms. The Kier molecular flexibility index (Phi) is 2.89. The molecule has 128 valence electrons. The van der Waals surface area contributed by atoms with E-state index in [2.05, 4.69) is 4.99 Å². The molecule has 0 bridgehead atoms. The van der Waals surface area contributed by atoms with Crippen LogP contribution in [0.5, 0.6) is 11.5 Å². The van der Waals surface area contributed by atoms with Crippen molar-refractivity contribution in [2.75, 3.05) is 27.4 Å². The van der Waals surface area contributed by atoms with Crippen molar-refractivity contribution in [2.45, 2.75) is 42.7 Å². The van der Waals surface area contributed by atoms with Gasteiger partial charge in [-0.1, -0.05) is 6.07 Å². The summed E-state index contributed by atoms with van der Waals surface area (Å²) in [6.45, 7) is 1.11. The average Bonchev–Trinajstić information content (AvgIpc) is 3.22. The molecule has 3 atom stereocenters. The number of methoxy groups -OCH3 is 1. The molecule has 2 aliphatic carbocycles. The molecular formula is C18H21NO5. The summed E-state index contributed by atoms with van der Waals surface area (Å²) in [6, 6.07) is 3.97. The Morgan fingerprint density at radius 2 is 2.04 bits per heavy atom. The number of nitrogens with zero attached hydrogens (tertiary/aromatic N) is 1. The van der Waals surface area contributed by atoms with Gasteiger partial charge in [0, 0.05) is 31.2 Å². The first-order valence-corrected chi connectivity index (χ1v) is 8.46. The second-order valence-electron chi connectivity index (χ2n) is 6.97. The molecule has 4 aliphatic rings. The average molecular weight is 331 g/mol. The molecule has 0 amide bonds. The third kappa shape index (κ3) is 1.59. The quantitative estimate of drug-likeness (QED) is 0.843. The van der Waals surface area contributed by atoms with Crippen molar-refractivity contribution in [3.8, 4) is 11.5 Å². The number of fused-ring (bicyclic) bond motifs is 1. The molecule has 1 aromatic carbocycles. The highest BCUT2D eigenvalue weighted by molar-refractivity contribution is 5.98. The smallest absolute Gasteiger partial charge is 0.206 e. The molecule has 1 saturated carbocycles. The minimum absolute atomic E-state index is 0.239. The molecule has 6 heteroatoms. The van der Waals surface area contributed by atoms with E-state index in [4.69, 9.17) is 18.9 Å². The van der Waals surface area contributed by atoms with Gasteiger partial charge < -0.3 is 24.1 Å². The minimum atomic E-state index is -1.01. The molecule has 0 aromatic heterocycles. The van der Waals surface area contributed by atoms with Crippen molar-refractivity contribution in [2.24, 2.45) is 4.99 Å². The van der Waals surface area contributed by atoms with Gasteiger partial charge in [0.15, 0.2) is 17.6 Å². The predicted molar refractivity (Wildman–Crippen MR) is 86.0 cm³/mol. The molecule has 2 heterocycles. The Balaban J connectivity index is 1.75. The third-order valence-corrected chi connectivity index (χ3v) is 6.03. The van der Waals surface area contributed by atoms with E-state index in [1.807, 2.05) is 12.1 Å². The van der Waals surface area contributed by atoms with Crippen LogP contribution < -0.4 is 9.47 Å². The van der Waals surface area contributed by atoms with Crippen LogP contribution in [-0.4, -0.2) is 55.7 Å². The lowest BCUT2D eigenvalue weighted by molar-refractivity contribution is -0.246. The van der Waals surface area contributed by atoms with E-state index >= 15 is 0 Å². The van der Waals surface area contributed by atoms with Gasteiger partial charge in [-0.3, -0.25) is 4.99 Å². The summed E-state index contributed by atoms with van der Waals surface area (Å²) in [6.07, 6.45) is 1.40. The van der Waals surface area contributed by atoms with E-state index in [1.165, 1.54) is 0 Å². The predicted octanol–water partition coefficient (Wildman–Crippen LogP) is 1.43. The van der Waals surface area contributed by atoms with Crippen LogP contribution in [-0.2, 0) is 15.9 Å². The van der Waals surface area contributed by atoms with Gasteiger partial charge in [-0.25, -0.2) is 0 Å². The zero-order chi connectivity index (χ0) is 16.5. The van der Waals surface area contributed by atoms with Crippen LogP contribution in [0, 0.1) is 0 Å². The zero-order valence-corrected chi connectivity index (χ0v) is 13.9. The Hall–Kier alpha value is -1.63. The van der Waals surface area contributed by atoms with Crippen molar-refractivity contribution in [3.05, 3.63) is 23.3 Å². The number of aliphatic imine (C=N–C) groups is 1. The van der Waals surface area contributed by atoms with E-state index in [9.17, 15) is 5.11 Å².